The number of nitrogens with zero attached hydrogens (tertiary/aromatic N) is 2. The molecule has 0 spiro atoms. The number of aryl methyl sites for hydroxylation is 2. The van der Waals surface area contributed by atoms with Crippen molar-refractivity contribution in [1.29, 1.82) is 0 Å². The van der Waals surface area contributed by atoms with Gasteiger partial charge in [-0.25, -0.2) is 4.79 Å². The smallest absolute Gasteiger partial charge is 0.340 e. The number of esters is 1. The molecule has 1 atom stereocenters. The van der Waals surface area contributed by atoms with Crippen LogP contribution in [0.4, 0.5) is 5.69 Å². The predicted molar refractivity (Wildman–Crippen MR) is 138 cm³/mol. The predicted octanol–water partition coefficient (Wildman–Crippen LogP) is 5.52. The maximum Gasteiger partial charge on any atom is 0.340 e. The van der Waals surface area contributed by atoms with Crippen molar-refractivity contribution in [3.05, 3.63) is 88.6 Å². The van der Waals surface area contributed by atoms with Crippen LogP contribution in [0.15, 0.2) is 60.7 Å². The van der Waals surface area contributed by atoms with Crippen LogP contribution in [0.3, 0.4) is 0 Å². The van der Waals surface area contributed by atoms with Crippen LogP contribution in [-0.4, -0.2) is 38.9 Å². The number of benzene rings is 3. The third kappa shape index (κ3) is 3.27. The maximum atomic E-state index is 13.5. The van der Waals surface area contributed by atoms with E-state index in [9.17, 15) is 4.79 Å². The van der Waals surface area contributed by atoms with E-state index in [0.29, 0.717) is 12.1 Å². The summed E-state index contributed by atoms with van der Waals surface area (Å²) in [4.78, 5) is 15.4. The first kappa shape index (κ1) is 22.8. The molecule has 0 saturated carbocycles. The first-order chi connectivity index (χ1) is 16.8. The summed E-state index contributed by atoms with van der Waals surface area (Å²) < 4.78 is 19.6. The number of rotatable bonds is 6. The van der Waals surface area contributed by atoms with Crippen LogP contribution in [0.25, 0.3) is 10.9 Å². The van der Waals surface area contributed by atoms with E-state index in [1.165, 1.54) is 0 Å². The van der Waals surface area contributed by atoms with Gasteiger partial charge in [0, 0.05) is 48.9 Å². The molecule has 0 amide bonds. The zero-order valence-corrected chi connectivity index (χ0v) is 21.0. The van der Waals surface area contributed by atoms with Crippen LogP contribution in [0.2, 0.25) is 0 Å². The Balaban J connectivity index is 1.89. The Labute approximate surface area is 205 Å². The summed E-state index contributed by atoms with van der Waals surface area (Å²) in [5.74, 6) is 1.20. The molecule has 0 fully saturated rings. The fraction of sp³-hybridized carbons (Fsp3) is 0.276. The molecule has 0 aliphatic carbocycles. The number of anilines is 1. The van der Waals surface area contributed by atoms with Gasteiger partial charge in [-0.05, 0) is 55.8 Å². The molecule has 2 heterocycles. The number of aromatic nitrogens is 1. The second-order valence-corrected chi connectivity index (χ2v) is 9.02. The number of hydrogen-bond acceptors (Lipinski definition) is 5. The summed E-state index contributed by atoms with van der Waals surface area (Å²) in [5, 5.41) is 1.10. The van der Waals surface area contributed by atoms with E-state index in [4.69, 9.17) is 14.2 Å². The molecular formula is C29H30N2O4. The molecule has 180 valence electrons. The lowest BCUT2D eigenvalue weighted by atomic mass is 9.81. The summed E-state index contributed by atoms with van der Waals surface area (Å²) in [6.45, 7) is 4.91. The number of carbonyl (C=O) groups is 1. The Bertz CT molecular complexity index is 1440. The number of fused-ring (bicyclic) bond motifs is 2. The molecule has 4 aromatic rings. The molecule has 0 radical (unpaired) electrons. The quantitative estimate of drug-likeness (QED) is 0.348. The second-order valence-electron chi connectivity index (χ2n) is 9.02. The Morgan fingerprint density at radius 1 is 0.943 bits per heavy atom. The fourth-order valence-corrected chi connectivity index (χ4v) is 5.30. The Kier molecular flexibility index (Phi) is 5.47. The van der Waals surface area contributed by atoms with E-state index in [1.54, 1.807) is 14.2 Å². The van der Waals surface area contributed by atoms with Crippen molar-refractivity contribution in [1.82, 2.24) is 4.57 Å². The Hall–Kier alpha value is -3.93. The standard InChI is InChI=1S/C29H30N2O4/c1-7-31-26-17-22(34-6)13-14-23(26)18(2)27(31)29(19-8-11-21(33-5)12-9-19)25-15-10-20(30(3)4)16-24(25)28(32)35-29/h8-17H,7H2,1-6H3. The van der Waals surface area contributed by atoms with Gasteiger partial charge in [0.1, 0.15) is 11.5 Å². The molecule has 6 nitrogen and oxygen atoms in total. The zero-order chi connectivity index (χ0) is 24.9. The minimum Gasteiger partial charge on any atom is -0.497 e. The van der Waals surface area contributed by atoms with Crippen molar-refractivity contribution in [3.63, 3.8) is 0 Å². The third-order valence-electron chi connectivity index (χ3n) is 7.04. The number of cyclic esters (lactones) is 1. The SMILES string of the molecule is CCn1c(C2(c3ccc(OC)cc3)OC(=O)c3cc(N(C)C)ccc32)c(C)c2ccc(OC)cc21. The molecule has 1 aliphatic rings. The van der Waals surface area contributed by atoms with Gasteiger partial charge < -0.3 is 23.7 Å². The number of hydrogen-bond donors (Lipinski definition) is 0. The van der Waals surface area contributed by atoms with Crippen LogP contribution in [0.1, 0.15) is 39.7 Å². The molecule has 35 heavy (non-hydrogen) atoms. The van der Waals surface area contributed by atoms with Crippen LogP contribution >= 0.6 is 0 Å². The summed E-state index contributed by atoms with van der Waals surface area (Å²) in [6.07, 6.45) is 0. The van der Waals surface area contributed by atoms with Gasteiger partial charge in [-0.2, -0.15) is 0 Å². The Morgan fingerprint density at radius 3 is 2.26 bits per heavy atom. The average molecular weight is 471 g/mol. The lowest BCUT2D eigenvalue weighted by molar-refractivity contribution is 0.0228. The largest absolute Gasteiger partial charge is 0.497 e. The van der Waals surface area contributed by atoms with Gasteiger partial charge in [-0.1, -0.05) is 18.2 Å². The van der Waals surface area contributed by atoms with Gasteiger partial charge in [-0.3, -0.25) is 0 Å². The van der Waals surface area contributed by atoms with Gasteiger partial charge in [0.05, 0.1) is 31.0 Å². The normalized spacial score (nSPS) is 16.8. The lowest BCUT2D eigenvalue weighted by Gasteiger charge is -2.32. The minimum absolute atomic E-state index is 0.329. The topological polar surface area (TPSA) is 52.9 Å². The van der Waals surface area contributed by atoms with Crippen LogP contribution in [0, 0.1) is 6.92 Å². The average Bonchev–Trinajstić information content (AvgIpc) is 3.34. The molecule has 5 rings (SSSR count). The summed E-state index contributed by atoms with van der Waals surface area (Å²) in [6, 6.07) is 19.9. The molecule has 1 aromatic heterocycles. The van der Waals surface area contributed by atoms with E-state index in [0.717, 1.165) is 50.5 Å². The third-order valence-corrected chi connectivity index (χ3v) is 7.04. The van der Waals surface area contributed by atoms with Gasteiger partial charge in [0.15, 0.2) is 0 Å². The van der Waals surface area contributed by atoms with E-state index >= 15 is 0 Å². The van der Waals surface area contributed by atoms with Gasteiger partial charge >= 0.3 is 5.97 Å². The second kappa shape index (κ2) is 8.38. The van der Waals surface area contributed by atoms with Crippen LogP contribution in [0.5, 0.6) is 11.5 Å². The van der Waals surface area contributed by atoms with Gasteiger partial charge in [0.2, 0.25) is 5.60 Å². The zero-order valence-electron chi connectivity index (χ0n) is 21.0. The van der Waals surface area contributed by atoms with E-state index < -0.39 is 5.60 Å². The van der Waals surface area contributed by atoms with Crippen LogP contribution in [-0.2, 0) is 16.9 Å². The van der Waals surface area contributed by atoms with Crippen LogP contribution < -0.4 is 14.4 Å². The number of methoxy groups -OCH3 is 2. The molecule has 0 saturated heterocycles. The van der Waals surface area contributed by atoms with Crippen molar-refractivity contribution in [2.75, 3.05) is 33.2 Å². The monoisotopic (exact) mass is 470 g/mol. The molecule has 0 N–H and O–H groups in total. The maximum absolute atomic E-state index is 13.5. The molecule has 1 aliphatic heterocycles. The lowest BCUT2D eigenvalue weighted by Crippen LogP contribution is -2.33. The summed E-state index contributed by atoms with van der Waals surface area (Å²) in [5.41, 5.74) is 5.19. The highest BCUT2D eigenvalue weighted by atomic mass is 16.6. The van der Waals surface area contributed by atoms with Crippen molar-refractivity contribution in [2.24, 2.45) is 0 Å². The minimum atomic E-state index is -1.10. The van der Waals surface area contributed by atoms with Crippen molar-refractivity contribution in [3.8, 4) is 11.5 Å². The molecule has 6 heteroatoms. The van der Waals surface area contributed by atoms with Crippen molar-refractivity contribution < 1.29 is 19.0 Å². The number of ether oxygens (including phenoxy) is 3. The highest BCUT2D eigenvalue weighted by Gasteiger charge is 2.51. The van der Waals surface area contributed by atoms with Crippen molar-refractivity contribution in [2.45, 2.75) is 26.0 Å². The summed E-state index contributed by atoms with van der Waals surface area (Å²) in [7, 11) is 7.24. The fourth-order valence-electron chi connectivity index (χ4n) is 5.30. The van der Waals surface area contributed by atoms with Crippen molar-refractivity contribution >= 4 is 22.6 Å². The number of carbonyl (C=O) groups excluding carboxylic acids is 1. The van der Waals surface area contributed by atoms with Gasteiger partial charge in [-0.15, -0.1) is 0 Å². The first-order valence-corrected chi connectivity index (χ1v) is 11.7. The van der Waals surface area contributed by atoms with E-state index in [1.807, 2.05) is 73.6 Å². The van der Waals surface area contributed by atoms with E-state index in [2.05, 4.69) is 24.5 Å². The van der Waals surface area contributed by atoms with Gasteiger partial charge in [0.25, 0.3) is 0 Å². The molecule has 3 aromatic carbocycles. The molecule has 0 bridgehead atoms. The molecular weight excluding hydrogens is 440 g/mol. The van der Waals surface area contributed by atoms with E-state index in [-0.39, 0.29) is 5.97 Å². The highest BCUT2D eigenvalue weighted by Crippen LogP contribution is 2.51. The Morgan fingerprint density at radius 2 is 1.63 bits per heavy atom. The highest BCUT2D eigenvalue weighted by molar-refractivity contribution is 5.98. The molecule has 1 unspecified atom stereocenters. The first-order valence-electron chi connectivity index (χ1n) is 11.7. The summed E-state index contributed by atoms with van der Waals surface area (Å²) >= 11 is 0.